The first-order valence-corrected chi connectivity index (χ1v) is 3.61. The Bertz CT molecular complexity index is 170. The van der Waals surface area contributed by atoms with E-state index < -0.39 is 0 Å². The molecule has 1 saturated heterocycles. The fraction of sp³-hybridized carbons (Fsp3) is 0.714. The van der Waals surface area contributed by atoms with E-state index in [1.54, 1.807) is 11.8 Å². The fourth-order valence-corrected chi connectivity index (χ4v) is 1.21. The van der Waals surface area contributed by atoms with Gasteiger partial charge >= 0.3 is 0 Å². The largest absolute Gasteiger partial charge is 0.391 e. The molecule has 0 bridgehead atoms. The zero-order valence-electron chi connectivity index (χ0n) is 6.62. The number of hydrogen-bond donors (Lipinski definition) is 0. The van der Waals surface area contributed by atoms with Gasteiger partial charge in [0, 0.05) is 26.6 Å². The number of amides is 1. The van der Waals surface area contributed by atoms with Crippen LogP contribution in [0.3, 0.4) is 0 Å². The Morgan fingerprint density at radius 1 is 1.82 bits per heavy atom. The number of hydrogen-bond acceptors (Lipinski definition) is 3. The second-order valence-electron chi connectivity index (χ2n) is 2.61. The van der Waals surface area contributed by atoms with Crippen molar-refractivity contribution in [1.82, 2.24) is 4.90 Å². The average Bonchev–Trinajstić information content (AvgIpc) is 2.37. The van der Waals surface area contributed by atoms with Crippen LogP contribution in [0.5, 0.6) is 0 Å². The van der Waals surface area contributed by atoms with Crippen LogP contribution in [0.4, 0.5) is 0 Å². The number of oxime groups is 1. The van der Waals surface area contributed by atoms with Crippen LogP contribution in [-0.2, 0) is 9.63 Å². The molecular formula is C7H12N2O2. The van der Waals surface area contributed by atoms with Gasteiger partial charge in [0.05, 0.1) is 6.54 Å². The van der Waals surface area contributed by atoms with Crippen molar-refractivity contribution in [3.8, 4) is 0 Å². The minimum absolute atomic E-state index is 0.0522. The van der Waals surface area contributed by atoms with E-state index in [2.05, 4.69) is 11.9 Å². The summed E-state index contributed by atoms with van der Waals surface area (Å²) in [6.45, 7) is 6.20. The van der Waals surface area contributed by atoms with Crippen LogP contribution in [0.15, 0.2) is 5.16 Å². The number of nitrogens with zero attached hydrogens (tertiary/aromatic N) is 2. The molecule has 0 spiro atoms. The topological polar surface area (TPSA) is 41.9 Å². The first-order valence-electron chi connectivity index (χ1n) is 3.61. The minimum atomic E-state index is 0.0522. The molecule has 0 aromatic heterocycles. The van der Waals surface area contributed by atoms with Gasteiger partial charge in [-0.05, 0) is 0 Å². The second-order valence-corrected chi connectivity index (χ2v) is 2.61. The van der Waals surface area contributed by atoms with Gasteiger partial charge in [0.1, 0.15) is 6.10 Å². The molecule has 62 valence electrons. The SMILES string of the molecule is C=NO[C@@H]1CCN(C(C)=O)C1. The Hall–Kier alpha value is -1.06. The van der Waals surface area contributed by atoms with Crippen molar-refractivity contribution in [2.24, 2.45) is 5.16 Å². The number of rotatable bonds is 2. The summed E-state index contributed by atoms with van der Waals surface area (Å²) >= 11 is 0. The van der Waals surface area contributed by atoms with E-state index in [4.69, 9.17) is 4.84 Å². The molecular weight excluding hydrogens is 144 g/mol. The molecule has 0 aliphatic carbocycles. The number of likely N-dealkylation sites (tertiary alicyclic amines) is 1. The van der Waals surface area contributed by atoms with Crippen molar-refractivity contribution in [3.05, 3.63) is 0 Å². The van der Waals surface area contributed by atoms with Crippen LogP contribution in [-0.4, -0.2) is 36.7 Å². The van der Waals surface area contributed by atoms with E-state index in [-0.39, 0.29) is 12.0 Å². The lowest BCUT2D eigenvalue weighted by atomic mass is 10.3. The zero-order chi connectivity index (χ0) is 8.27. The quantitative estimate of drug-likeness (QED) is 0.424. The predicted molar refractivity (Wildman–Crippen MR) is 41.3 cm³/mol. The molecule has 1 rings (SSSR count). The molecule has 1 aliphatic rings. The van der Waals surface area contributed by atoms with Gasteiger partial charge in [0.25, 0.3) is 0 Å². The molecule has 0 aromatic carbocycles. The molecule has 1 fully saturated rings. The normalized spacial score (nSPS) is 23.4. The smallest absolute Gasteiger partial charge is 0.219 e. The maximum Gasteiger partial charge on any atom is 0.219 e. The molecule has 1 amide bonds. The minimum Gasteiger partial charge on any atom is -0.391 e. The van der Waals surface area contributed by atoms with Gasteiger partial charge in [-0.2, -0.15) is 0 Å². The molecule has 1 heterocycles. The van der Waals surface area contributed by atoms with Crippen LogP contribution < -0.4 is 0 Å². The molecule has 0 unspecified atom stereocenters. The maximum absolute atomic E-state index is 10.8. The highest BCUT2D eigenvalue weighted by molar-refractivity contribution is 5.73. The summed E-state index contributed by atoms with van der Waals surface area (Å²) in [5.41, 5.74) is 0. The first-order chi connectivity index (χ1) is 5.24. The van der Waals surface area contributed by atoms with Crippen molar-refractivity contribution in [1.29, 1.82) is 0 Å². The summed E-state index contributed by atoms with van der Waals surface area (Å²) in [6, 6.07) is 0. The highest BCUT2D eigenvalue weighted by Gasteiger charge is 2.25. The molecule has 1 aliphatic heterocycles. The van der Waals surface area contributed by atoms with Crippen LogP contribution in [0, 0.1) is 0 Å². The molecule has 0 radical (unpaired) electrons. The molecule has 4 heteroatoms. The summed E-state index contributed by atoms with van der Waals surface area (Å²) < 4.78 is 0. The molecule has 4 nitrogen and oxygen atoms in total. The molecule has 0 saturated carbocycles. The van der Waals surface area contributed by atoms with Crippen molar-refractivity contribution < 1.29 is 9.63 Å². The Kier molecular flexibility index (Phi) is 2.46. The van der Waals surface area contributed by atoms with Gasteiger partial charge in [-0.15, -0.1) is 5.16 Å². The van der Waals surface area contributed by atoms with Crippen molar-refractivity contribution in [3.63, 3.8) is 0 Å². The zero-order valence-corrected chi connectivity index (χ0v) is 6.62. The summed E-state index contributed by atoms with van der Waals surface area (Å²) in [5, 5.41) is 3.32. The monoisotopic (exact) mass is 156 g/mol. The number of carbonyl (C=O) groups is 1. The van der Waals surface area contributed by atoms with Crippen LogP contribution in [0.1, 0.15) is 13.3 Å². The summed E-state index contributed by atoms with van der Waals surface area (Å²) in [7, 11) is 0. The lowest BCUT2D eigenvalue weighted by molar-refractivity contribution is -0.128. The number of carbonyl (C=O) groups excluding carboxylic acids is 1. The lowest BCUT2D eigenvalue weighted by Gasteiger charge is -2.12. The second kappa shape index (κ2) is 3.37. The first kappa shape index (κ1) is 8.04. The van der Waals surface area contributed by atoms with Crippen LogP contribution in [0.2, 0.25) is 0 Å². The molecule has 11 heavy (non-hydrogen) atoms. The van der Waals surface area contributed by atoms with Gasteiger partial charge in [0.15, 0.2) is 0 Å². The Balaban J connectivity index is 2.34. The third-order valence-electron chi connectivity index (χ3n) is 1.81. The lowest BCUT2D eigenvalue weighted by Crippen LogP contribution is -2.27. The van der Waals surface area contributed by atoms with Crippen molar-refractivity contribution in [2.75, 3.05) is 13.1 Å². The van der Waals surface area contributed by atoms with E-state index >= 15 is 0 Å². The van der Waals surface area contributed by atoms with Crippen molar-refractivity contribution in [2.45, 2.75) is 19.4 Å². The van der Waals surface area contributed by atoms with E-state index in [1.807, 2.05) is 0 Å². The molecule has 0 aromatic rings. The highest BCUT2D eigenvalue weighted by Crippen LogP contribution is 2.12. The molecule has 1 atom stereocenters. The summed E-state index contributed by atoms with van der Waals surface area (Å²) in [5.74, 6) is 0.0974. The van der Waals surface area contributed by atoms with Gasteiger partial charge in [-0.3, -0.25) is 4.79 Å². The predicted octanol–water partition coefficient (Wildman–Crippen LogP) is 0.239. The van der Waals surface area contributed by atoms with Crippen molar-refractivity contribution >= 4 is 12.6 Å². The fourth-order valence-electron chi connectivity index (χ4n) is 1.21. The molecule has 0 N–H and O–H groups in total. The highest BCUT2D eigenvalue weighted by atomic mass is 16.6. The van der Waals surface area contributed by atoms with Gasteiger partial charge in [0.2, 0.25) is 5.91 Å². The average molecular weight is 156 g/mol. The Morgan fingerprint density at radius 2 is 2.55 bits per heavy atom. The third-order valence-corrected chi connectivity index (χ3v) is 1.81. The third kappa shape index (κ3) is 1.93. The van der Waals surface area contributed by atoms with Gasteiger partial charge < -0.3 is 9.74 Å². The van der Waals surface area contributed by atoms with Gasteiger partial charge in [-0.1, -0.05) is 0 Å². The van der Waals surface area contributed by atoms with E-state index in [9.17, 15) is 4.79 Å². The standard InChI is InChI=1S/C7H12N2O2/c1-6(10)9-4-3-7(5-9)11-8-2/h7H,2-5H2,1H3/t7-/m1/s1. The Morgan fingerprint density at radius 3 is 3.00 bits per heavy atom. The summed E-state index contributed by atoms with van der Waals surface area (Å²) in [6.07, 6.45) is 0.912. The Labute approximate surface area is 65.8 Å². The summed E-state index contributed by atoms with van der Waals surface area (Å²) in [4.78, 5) is 17.5. The van der Waals surface area contributed by atoms with E-state index in [0.717, 1.165) is 13.0 Å². The van der Waals surface area contributed by atoms with Gasteiger partial charge in [-0.25, -0.2) is 0 Å². The van der Waals surface area contributed by atoms with Crippen LogP contribution >= 0.6 is 0 Å². The van der Waals surface area contributed by atoms with Crippen LogP contribution in [0.25, 0.3) is 0 Å². The van der Waals surface area contributed by atoms with E-state index in [0.29, 0.717) is 6.54 Å². The maximum atomic E-state index is 10.8. The van der Waals surface area contributed by atoms with E-state index in [1.165, 1.54) is 0 Å².